The number of halogens is 1. The Morgan fingerprint density at radius 2 is 1.96 bits per heavy atom. The van der Waals surface area contributed by atoms with Gasteiger partial charge in [-0.2, -0.15) is 0 Å². The molecular weight excluding hydrogens is 324 g/mol. The van der Waals surface area contributed by atoms with Crippen LogP contribution in [0.1, 0.15) is 10.5 Å². The number of hydrogen-bond acceptors (Lipinski definition) is 6. The zero-order valence-electron chi connectivity index (χ0n) is 11.5. The lowest BCUT2D eigenvalue weighted by molar-refractivity contribution is -0.117. The first-order valence-corrected chi connectivity index (χ1v) is 6.66. The van der Waals surface area contributed by atoms with Gasteiger partial charge in [0, 0.05) is 22.0 Å². The Hall–Kier alpha value is -3.00. The summed E-state index contributed by atoms with van der Waals surface area (Å²) in [6.07, 6.45) is 1.37. The zero-order valence-corrected chi connectivity index (χ0v) is 12.3. The van der Waals surface area contributed by atoms with Crippen molar-refractivity contribution in [3.8, 4) is 11.1 Å². The molecule has 1 aromatic carbocycles. The molecular formula is C14H9ClN4O4. The number of nitrogens with zero attached hydrogens (tertiary/aromatic N) is 3. The largest absolute Gasteiger partial charge is 0.341 e. The van der Waals surface area contributed by atoms with Crippen LogP contribution in [0.2, 0.25) is 5.02 Å². The normalized spacial score (nSPS) is 9.96. The molecule has 0 saturated heterocycles. The van der Waals surface area contributed by atoms with Crippen molar-refractivity contribution in [1.29, 1.82) is 0 Å². The van der Waals surface area contributed by atoms with E-state index in [1.165, 1.54) is 12.3 Å². The molecule has 23 heavy (non-hydrogen) atoms. The number of pyridine rings is 1. The summed E-state index contributed by atoms with van der Waals surface area (Å²) in [6, 6.07) is 8.22. The number of nitroso groups, excluding NO2 is 2. The van der Waals surface area contributed by atoms with E-state index < -0.39 is 18.4 Å². The lowest BCUT2D eigenvalue weighted by Crippen LogP contribution is -2.29. The molecule has 0 spiro atoms. The van der Waals surface area contributed by atoms with Crippen molar-refractivity contribution in [1.82, 2.24) is 10.3 Å². The number of rotatable bonds is 5. The summed E-state index contributed by atoms with van der Waals surface area (Å²) in [6.45, 7) is -0.585. The fourth-order valence-electron chi connectivity index (χ4n) is 1.80. The van der Waals surface area contributed by atoms with E-state index in [4.69, 9.17) is 11.6 Å². The van der Waals surface area contributed by atoms with Gasteiger partial charge in [-0.05, 0) is 28.9 Å². The first-order valence-electron chi connectivity index (χ1n) is 6.29. The molecule has 0 saturated carbocycles. The summed E-state index contributed by atoms with van der Waals surface area (Å²) in [5.41, 5.74) is 0.780. The Morgan fingerprint density at radius 3 is 2.61 bits per heavy atom. The van der Waals surface area contributed by atoms with Crippen molar-refractivity contribution in [3.63, 3.8) is 0 Å². The van der Waals surface area contributed by atoms with Crippen LogP contribution in [-0.2, 0) is 4.79 Å². The first-order chi connectivity index (χ1) is 11.0. The molecule has 0 atom stereocenters. The molecule has 9 heteroatoms. The molecule has 1 N–H and O–H groups in total. The maximum atomic E-state index is 11.9. The van der Waals surface area contributed by atoms with Gasteiger partial charge in [-0.25, -0.2) is 4.98 Å². The molecule has 2 amide bonds. The number of benzene rings is 1. The second kappa shape index (κ2) is 7.32. The Bertz CT molecular complexity index is 794. The van der Waals surface area contributed by atoms with E-state index in [9.17, 15) is 19.4 Å². The third-order valence-electron chi connectivity index (χ3n) is 2.84. The van der Waals surface area contributed by atoms with Crippen LogP contribution in [0.15, 0.2) is 46.9 Å². The summed E-state index contributed by atoms with van der Waals surface area (Å²) in [7, 11) is 0. The van der Waals surface area contributed by atoms with Crippen LogP contribution >= 0.6 is 11.6 Å². The summed E-state index contributed by atoms with van der Waals surface area (Å²) in [5.74, 6) is -1.86. The molecule has 8 nitrogen and oxygen atoms in total. The second-order valence-electron chi connectivity index (χ2n) is 4.36. The number of carbonyl (C=O) groups is 2. The molecule has 0 bridgehead atoms. The van der Waals surface area contributed by atoms with E-state index in [1.54, 1.807) is 24.3 Å². The van der Waals surface area contributed by atoms with Crippen LogP contribution in [0.3, 0.4) is 0 Å². The van der Waals surface area contributed by atoms with E-state index in [0.29, 0.717) is 16.1 Å². The molecule has 0 aliphatic carbocycles. The van der Waals surface area contributed by atoms with Crippen molar-refractivity contribution in [2.24, 2.45) is 10.4 Å². The summed E-state index contributed by atoms with van der Waals surface area (Å²) in [5, 5.41) is 7.54. The van der Waals surface area contributed by atoms with Gasteiger partial charge in [0.1, 0.15) is 12.2 Å². The van der Waals surface area contributed by atoms with Gasteiger partial charge in [0.2, 0.25) is 0 Å². The maximum Gasteiger partial charge on any atom is 0.305 e. The average molecular weight is 333 g/mol. The lowest BCUT2D eigenvalue weighted by atomic mass is 10.1. The highest BCUT2D eigenvalue weighted by atomic mass is 35.5. The van der Waals surface area contributed by atoms with Crippen LogP contribution in [0.4, 0.5) is 5.69 Å². The minimum atomic E-state index is -1.05. The molecule has 1 aromatic heterocycles. The van der Waals surface area contributed by atoms with Gasteiger partial charge in [0.05, 0.1) is 0 Å². The number of carbonyl (C=O) groups excluding carboxylic acids is 2. The summed E-state index contributed by atoms with van der Waals surface area (Å²) < 4.78 is 0. The molecule has 1 heterocycles. The molecule has 0 unspecified atom stereocenters. The van der Waals surface area contributed by atoms with E-state index in [0.717, 1.165) is 0 Å². The highest BCUT2D eigenvalue weighted by Gasteiger charge is 2.16. The van der Waals surface area contributed by atoms with Gasteiger partial charge in [-0.15, -0.1) is 9.81 Å². The average Bonchev–Trinajstić information content (AvgIpc) is 2.58. The number of amides is 2. The summed E-state index contributed by atoms with van der Waals surface area (Å²) >= 11 is 5.90. The van der Waals surface area contributed by atoms with E-state index in [1.807, 2.05) is 0 Å². The van der Waals surface area contributed by atoms with Gasteiger partial charge in [-0.3, -0.25) is 9.59 Å². The molecule has 2 aromatic rings. The highest BCUT2D eigenvalue weighted by molar-refractivity contribution is 6.30. The van der Waals surface area contributed by atoms with Crippen molar-refractivity contribution in [2.45, 2.75) is 0 Å². The molecule has 0 aliphatic heterocycles. The summed E-state index contributed by atoms with van der Waals surface area (Å²) in [4.78, 5) is 47.4. The van der Waals surface area contributed by atoms with Crippen LogP contribution in [0.25, 0.3) is 11.1 Å². The van der Waals surface area contributed by atoms with Gasteiger partial charge >= 0.3 is 5.91 Å². The number of hydrogen-bond donors (Lipinski definition) is 1. The molecule has 2 rings (SSSR count). The van der Waals surface area contributed by atoms with E-state index in [2.05, 4.69) is 20.7 Å². The Morgan fingerprint density at radius 1 is 1.17 bits per heavy atom. The third kappa shape index (κ3) is 4.01. The van der Waals surface area contributed by atoms with Gasteiger partial charge in [0.15, 0.2) is 5.69 Å². The first kappa shape index (κ1) is 16.4. The van der Waals surface area contributed by atoms with Crippen molar-refractivity contribution in [3.05, 3.63) is 57.1 Å². The fraction of sp³-hybridized carbons (Fsp3) is 0.0714. The molecule has 0 fully saturated rings. The maximum absolute atomic E-state index is 11.9. The topological polar surface area (TPSA) is 118 Å². The standard InChI is InChI=1S/C14H9ClN4O4/c15-10-3-1-2-8(4-10)9-5-11(18-22)13(16-6-9)14(21)17-7-12(20)19-23/h1-6H,7H2,(H,17,21). The van der Waals surface area contributed by atoms with Gasteiger partial charge in [0.25, 0.3) is 5.91 Å². The smallest absolute Gasteiger partial charge is 0.305 e. The van der Waals surface area contributed by atoms with E-state index >= 15 is 0 Å². The predicted molar refractivity (Wildman–Crippen MR) is 83.3 cm³/mol. The second-order valence-corrected chi connectivity index (χ2v) is 4.80. The van der Waals surface area contributed by atoms with Crippen LogP contribution in [0, 0.1) is 9.81 Å². The highest BCUT2D eigenvalue weighted by Crippen LogP contribution is 2.27. The van der Waals surface area contributed by atoms with Crippen LogP contribution < -0.4 is 5.32 Å². The quantitative estimate of drug-likeness (QED) is 0.844. The third-order valence-corrected chi connectivity index (χ3v) is 3.08. The Labute approximate surface area is 134 Å². The lowest BCUT2D eigenvalue weighted by Gasteiger charge is -2.06. The van der Waals surface area contributed by atoms with Crippen LogP contribution in [-0.4, -0.2) is 23.3 Å². The van der Waals surface area contributed by atoms with Crippen molar-refractivity contribution >= 4 is 29.1 Å². The zero-order chi connectivity index (χ0) is 16.8. The minimum absolute atomic E-state index is 0.202. The van der Waals surface area contributed by atoms with Crippen molar-refractivity contribution in [2.75, 3.05) is 6.54 Å². The Balaban J connectivity index is 2.29. The van der Waals surface area contributed by atoms with Gasteiger partial charge in [-0.1, -0.05) is 23.7 Å². The predicted octanol–water partition coefficient (Wildman–Crippen LogP) is 2.82. The number of nitrogens with one attached hydrogen (secondary N) is 1. The SMILES string of the molecule is O=NC(=O)CNC(=O)c1ncc(-c2cccc(Cl)c2)cc1N=O. The molecule has 0 aliphatic rings. The van der Waals surface area contributed by atoms with Crippen LogP contribution in [0.5, 0.6) is 0 Å². The van der Waals surface area contributed by atoms with E-state index in [-0.39, 0.29) is 11.4 Å². The minimum Gasteiger partial charge on any atom is -0.341 e. The number of aromatic nitrogens is 1. The fourth-order valence-corrected chi connectivity index (χ4v) is 1.99. The monoisotopic (exact) mass is 332 g/mol. The molecule has 116 valence electrons. The Kier molecular flexibility index (Phi) is 5.21. The van der Waals surface area contributed by atoms with Crippen molar-refractivity contribution < 1.29 is 9.59 Å². The van der Waals surface area contributed by atoms with Gasteiger partial charge < -0.3 is 5.32 Å². The molecule has 0 radical (unpaired) electrons.